The highest BCUT2D eigenvalue weighted by Crippen LogP contribution is 2.24. The summed E-state index contributed by atoms with van der Waals surface area (Å²) in [5.74, 6) is 0.975. The minimum atomic E-state index is -0.254. The molecule has 1 aromatic carbocycles. The standard InChI is InChI=1S/C14H13FN4/c1-8-4-3-5-9(12(8)15)13-17-10-6-7-11(16-2)18-14(10)19-13/h3-7H,1-2H3,(H2,16,17,18,19). The fourth-order valence-electron chi connectivity index (χ4n) is 1.99. The van der Waals surface area contributed by atoms with Gasteiger partial charge in [-0.3, -0.25) is 0 Å². The van der Waals surface area contributed by atoms with Crippen LogP contribution in [0.25, 0.3) is 22.6 Å². The van der Waals surface area contributed by atoms with Gasteiger partial charge in [-0.25, -0.2) is 14.4 Å². The molecule has 0 amide bonds. The zero-order valence-electron chi connectivity index (χ0n) is 10.7. The molecule has 0 fully saturated rings. The lowest BCUT2D eigenvalue weighted by Crippen LogP contribution is -1.91. The first-order chi connectivity index (χ1) is 9.19. The molecule has 4 nitrogen and oxygen atoms in total. The molecule has 2 N–H and O–H groups in total. The predicted octanol–water partition coefficient (Wildman–Crippen LogP) is 3.11. The number of nitrogens with zero attached hydrogens (tertiary/aromatic N) is 2. The third-order valence-corrected chi connectivity index (χ3v) is 3.05. The Hall–Kier alpha value is -2.43. The lowest BCUT2D eigenvalue weighted by molar-refractivity contribution is 0.621. The van der Waals surface area contributed by atoms with Gasteiger partial charge in [0.25, 0.3) is 0 Å². The highest BCUT2D eigenvalue weighted by atomic mass is 19.1. The van der Waals surface area contributed by atoms with E-state index >= 15 is 0 Å². The Morgan fingerprint density at radius 3 is 2.79 bits per heavy atom. The molecule has 0 aliphatic rings. The number of nitrogens with one attached hydrogen (secondary N) is 2. The van der Waals surface area contributed by atoms with Crippen molar-refractivity contribution in [3.05, 3.63) is 41.7 Å². The van der Waals surface area contributed by atoms with Crippen LogP contribution in [0, 0.1) is 12.7 Å². The van der Waals surface area contributed by atoms with Crippen molar-refractivity contribution in [1.29, 1.82) is 0 Å². The maximum Gasteiger partial charge on any atom is 0.180 e. The zero-order chi connectivity index (χ0) is 13.4. The predicted molar refractivity (Wildman–Crippen MR) is 73.6 cm³/mol. The van der Waals surface area contributed by atoms with E-state index in [-0.39, 0.29) is 5.82 Å². The molecule has 5 heteroatoms. The van der Waals surface area contributed by atoms with Gasteiger partial charge in [0.2, 0.25) is 0 Å². The van der Waals surface area contributed by atoms with E-state index in [2.05, 4.69) is 20.3 Å². The maximum atomic E-state index is 14.1. The first-order valence-electron chi connectivity index (χ1n) is 5.99. The van der Waals surface area contributed by atoms with E-state index in [1.165, 1.54) is 0 Å². The van der Waals surface area contributed by atoms with Crippen molar-refractivity contribution in [3.63, 3.8) is 0 Å². The molecule has 2 heterocycles. The largest absolute Gasteiger partial charge is 0.373 e. The number of imidazole rings is 1. The van der Waals surface area contributed by atoms with Gasteiger partial charge in [-0.05, 0) is 30.7 Å². The maximum absolute atomic E-state index is 14.1. The molecule has 0 bridgehead atoms. The SMILES string of the molecule is CNc1ccc2[nH]c(-c3cccc(C)c3F)nc2n1. The summed E-state index contributed by atoms with van der Waals surface area (Å²) in [6.45, 7) is 1.73. The monoisotopic (exact) mass is 256 g/mol. The number of rotatable bonds is 2. The number of hydrogen-bond acceptors (Lipinski definition) is 3. The van der Waals surface area contributed by atoms with Gasteiger partial charge in [0, 0.05) is 7.05 Å². The van der Waals surface area contributed by atoms with Gasteiger partial charge < -0.3 is 10.3 Å². The molecule has 0 aliphatic heterocycles. The fraction of sp³-hybridized carbons (Fsp3) is 0.143. The van der Waals surface area contributed by atoms with Crippen LogP contribution in [-0.4, -0.2) is 22.0 Å². The molecular formula is C14H13FN4. The summed E-state index contributed by atoms with van der Waals surface area (Å²) in [7, 11) is 1.79. The summed E-state index contributed by atoms with van der Waals surface area (Å²) in [5.41, 5.74) is 2.42. The van der Waals surface area contributed by atoms with E-state index in [4.69, 9.17) is 0 Å². The molecular weight excluding hydrogens is 243 g/mol. The summed E-state index contributed by atoms with van der Waals surface area (Å²) in [5, 5.41) is 2.95. The molecule has 3 rings (SSSR count). The van der Waals surface area contributed by atoms with Crippen molar-refractivity contribution in [2.45, 2.75) is 6.92 Å². The Kier molecular flexibility index (Phi) is 2.67. The number of aromatic amines is 1. The van der Waals surface area contributed by atoms with Crippen molar-refractivity contribution >= 4 is 17.0 Å². The van der Waals surface area contributed by atoms with Crippen LogP contribution in [0.3, 0.4) is 0 Å². The topological polar surface area (TPSA) is 53.6 Å². The number of aryl methyl sites for hydroxylation is 1. The lowest BCUT2D eigenvalue weighted by atomic mass is 10.1. The Morgan fingerprint density at radius 2 is 2.00 bits per heavy atom. The minimum absolute atomic E-state index is 0.254. The van der Waals surface area contributed by atoms with Gasteiger partial charge in [0.15, 0.2) is 5.65 Å². The Balaban J connectivity index is 2.18. The summed E-state index contributed by atoms with van der Waals surface area (Å²) in [4.78, 5) is 11.8. The van der Waals surface area contributed by atoms with Gasteiger partial charge in [0.05, 0.1) is 11.1 Å². The molecule has 0 spiro atoms. The molecule has 0 saturated heterocycles. The van der Waals surface area contributed by atoms with Gasteiger partial charge in [-0.1, -0.05) is 12.1 Å². The lowest BCUT2D eigenvalue weighted by Gasteiger charge is -2.01. The first kappa shape index (κ1) is 11.6. The van der Waals surface area contributed by atoms with Crippen LogP contribution < -0.4 is 5.32 Å². The van der Waals surface area contributed by atoms with Crippen molar-refractivity contribution in [2.24, 2.45) is 0 Å². The van der Waals surface area contributed by atoms with E-state index in [1.54, 1.807) is 26.1 Å². The second-order valence-electron chi connectivity index (χ2n) is 4.34. The molecule has 3 aromatic rings. The normalized spacial score (nSPS) is 10.9. The Morgan fingerprint density at radius 1 is 1.16 bits per heavy atom. The Bertz CT molecular complexity index is 748. The van der Waals surface area contributed by atoms with Crippen LogP contribution in [0.2, 0.25) is 0 Å². The van der Waals surface area contributed by atoms with Crippen LogP contribution >= 0.6 is 0 Å². The average molecular weight is 256 g/mol. The summed E-state index contributed by atoms with van der Waals surface area (Å²) < 4.78 is 14.1. The minimum Gasteiger partial charge on any atom is -0.373 e. The fourth-order valence-corrected chi connectivity index (χ4v) is 1.99. The van der Waals surface area contributed by atoms with E-state index in [0.717, 1.165) is 11.3 Å². The van der Waals surface area contributed by atoms with E-state index in [1.807, 2.05) is 18.2 Å². The summed E-state index contributed by atoms with van der Waals surface area (Å²) in [6, 6.07) is 8.97. The van der Waals surface area contributed by atoms with Gasteiger partial charge in [-0.15, -0.1) is 0 Å². The molecule has 2 aromatic heterocycles. The molecule has 0 aliphatic carbocycles. The second-order valence-corrected chi connectivity index (χ2v) is 4.34. The number of hydrogen-bond donors (Lipinski definition) is 2. The third-order valence-electron chi connectivity index (χ3n) is 3.05. The molecule has 0 radical (unpaired) electrons. The molecule has 0 atom stereocenters. The number of H-pyrrole nitrogens is 1. The molecule has 19 heavy (non-hydrogen) atoms. The van der Waals surface area contributed by atoms with Crippen molar-refractivity contribution < 1.29 is 4.39 Å². The highest BCUT2D eigenvalue weighted by molar-refractivity contribution is 5.77. The van der Waals surface area contributed by atoms with Gasteiger partial charge in [0.1, 0.15) is 17.5 Å². The van der Waals surface area contributed by atoms with Crippen LogP contribution in [0.4, 0.5) is 10.2 Å². The molecule has 0 unspecified atom stereocenters. The molecule has 0 saturated carbocycles. The summed E-state index contributed by atoms with van der Waals surface area (Å²) in [6.07, 6.45) is 0. The smallest absolute Gasteiger partial charge is 0.180 e. The van der Waals surface area contributed by atoms with Crippen molar-refractivity contribution in [3.8, 4) is 11.4 Å². The van der Waals surface area contributed by atoms with E-state index in [9.17, 15) is 4.39 Å². The van der Waals surface area contributed by atoms with Gasteiger partial charge in [-0.2, -0.15) is 0 Å². The van der Waals surface area contributed by atoms with Crippen LogP contribution in [-0.2, 0) is 0 Å². The zero-order valence-corrected chi connectivity index (χ0v) is 10.7. The number of anilines is 1. The number of benzene rings is 1. The van der Waals surface area contributed by atoms with Crippen molar-refractivity contribution in [2.75, 3.05) is 12.4 Å². The average Bonchev–Trinajstić information content (AvgIpc) is 2.84. The van der Waals surface area contributed by atoms with Gasteiger partial charge >= 0.3 is 0 Å². The molecule has 96 valence electrons. The number of aromatic nitrogens is 3. The van der Waals surface area contributed by atoms with Crippen molar-refractivity contribution in [1.82, 2.24) is 15.0 Å². The van der Waals surface area contributed by atoms with Crippen LogP contribution in [0.15, 0.2) is 30.3 Å². The quantitative estimate of drug-likeness (QED) is 0.740. The third kappa shape index (κ3) is 1.93. The van der Waals surface area contributed by atoms with E-state index in [0.29, 0.717) is 22.6 Å². The van der Waals surface area contributed by atoms with E-state index < -0.39 is 0 Å². The highest BCUT2D eigenvalue weighted by Gasteiger charge is 2.12. The number of pyridine rings is 1. The Labute approximate surface area is 109 Å². The second kappa shape index (κ2) is 4.35. The van der Waals surface area contributed by atoms with Crippen LogP contribution in [0.1, 0.15) is 5.56 Å². The van der Waals surface area contributed by atoms with Crippen LogP contribution in [0.5, 0.6) is 0 Å². The number of fused-ring (bicyclic) bond motifs is 1. The summed E-state index contributed by atoms with van der Waals surface area (Å²) >= 11 is 0. The first-order valence-corrected chi connectivity index (χ1v) is 5.99. The number of halogens is 1.